The third kappa shape index (κ3) is 6.71. The number of rotatable bonds is 7. The van der Waals surface area contributed by atoms with Crippen LogP contribution in [0.15, 0.2) is 0 Å². The van der Waals surface area contributed by atoms with Crippen molar-refractivity contribution in [3.05, 3.63) is 0 Å². The highest BCUT2D eigenvalue weighted by Gasteiger charge is 2.19. The summed E-state index contributed by atoms with van der Waals surface area (Å²) in [6.07, 6.45) is 1.12. The Labute approximate surface area is 101 Å². The van der Waals surface area contributed by atoms with Crippen LogP contribution in [0.3, 0.4) is 0 Å². The first-order valence-corrected chi connectivity index (χ1v) is 6.59. The Hall–Kier alpha value is -0.710. The minimum atomic E-state index is -0.531. The molecule has 0 aromatic rings. The predicted octanol–water partition coefficient (Wildman–Crippen LogP) is 1.44. The van der Waals surface area contributed by atoms with Gasteiger partial charge in [0.2, 0.25) is 5.91 Å². The van der Waals surface area contributed by atoms with Crippen molar-refractivity contribution < 1.29 is 14.3 Å². The lowest BCUT2D eigenvalue weighted by Crippen LogP contribution is -2.42. The molecule has 0 bridgehead atoms. The minimum Gasteiger partial charge on any atom is -0.467 e. The highest BCUT2D eigenvalue weighted by atomic mass is 32.2. The lowest BCUT2D eigenvalue weighted by molar-refractivity contribution is -0.144. The highest BCUT2D eigenvalue weighted by Crippen LogP contribution is 2.12. The Morgan fingerprint density at radius 2 is 2.00 bits per heavy atom. The largest absolute Gasteiger partial charge is 0.467 e. The van der Waals surface area contributed by atoms with Crippen LogP contribution in [0.4, 0.5) is 0 Å². The molecule has 94 valence electrons. The Balaban J connectivity index is 4.01. The molecule has 0 spiro atoms. The number of carbonyl (C=O) groups excluding carboxylic acids is 2. The van der Waals surface area contributed by atoms with E-state index in [0.29, 0.717) is 11.7 Å². The topological polar surface area (TPSA) is 55.4 Å². The van der Waals surface area contributed by atoms with E-state index in [1.807, 2.05) is 0 Å². The molecule has 0 rings (SSSR count). The lowest BCUT2D eigenvalue weighted by Gasteiger charge is -2.16. The van der Waals surface area contributed by atoms with Crippen molar-refractivity contribution >= 4 is 23.6 Å². The van der Waals surface area contributed by atoms with Crippen LogP contribution in [-0.4, -0.2) is 36.5 Å². The highest BCUT2D eigenvalue weighted by molar-refractivity contribution is 7.99. The molecular formula is C11H21NO3S. The van der Waals surface area contributed by atoms with E-state index in [1.165, 1.54) is 14.0 Å². The van der Waals surface area contributed by atoms with Gasteiger partial charge in [-0.1, -0.05) is 20.3 Å². The van der Waals surface area contributed by atoms with Crippen LogP contribution in [0.2, 0.25) is 0 Å². The summed E-state index contributed by atoms with van der Waals surface area (Å²) in [7, 11) is 1.33. The van der Waals surface area contributed by atoms with Crippen molar-refractivity contribution in [2.45, 2.75) is 33.2 Å². The van der Waals surface area contributed by atoms with Gasteiger partial charge in [0.05, 0.1) is 7.11 Å². The van der Waals surface area contributed by atoms with Gasteiger partial charge in [-0.25, -0.2) is 4.79 Å². The van der Waals surface area contributed by atoms with Gasteiger partial charge < -0.3 is 10.1 Å². The maximum Gasteiger partial charge on any atom is 0.329 e. The monoisotopic (exact) mass is 247 g/mol. The molecule has 16 heavy (non-hydrogen) atoms. The molecule has 0 aliphatic heterocycles. The van der Waals surface area contributed by atoms with Crippen LogP contribution >= 0.6 is 11.8 Å². The first-order valence-electron chi connectivity index (χ1n) is 5.43. The van der Waals surface area contributed by atoms with Gasteiger partial charge in [0.25, 0.3) is 0 Å². The summed E-state index contributed by atoms with van der Waals surface area (Å²) in [5.74, 6) is 1.59. The SMILES string of the molecule is CCC(C)CSCC(NC(C)=O)C(=O)OC. The average Bonchev–Trinajstić information content (AvgIpc) is 2.25. The molecule has 0 saturated carbocycles. The van der Waals surface area contributed by atoms with Gasteiger partial charge in [-0.2, -0.15) is 11.8 Å². The maximum absolute atomic E-state index is 11.3. The summed E-state index contributed by atoms with van der Waals surface area (Å²) in [5.41, 5.74) is 0. The molecule has 0 aromatic carbocycles. The number of carbonyl (C=O) groups is 2. The van der Waals surface area contributed by atoms with Crippen molar-refractivity contribution in [1.82, 2.24) is 5.32 Å². The summed E-state index contributed by atoms with van der Waals surface area (Å²) in [5, 5.41) is 2.59. The zero-order valence-electron chi connectivity index (χ0n) is 10.4. The third-order valence-electron chi connectivity index (χ3n) is 2.25. The molecule has 4 nitrogen and oxygen atoms in total. The van der Waals surface area contributed by atoms with E-state index in [2.05, 4.69) is 23.9 Å². The average molecular weight is 247 g/mol. The van der Waals surface area contributed by atoms with Gasteiger partial charge in [0, 0.05) is 12.7 Å². The summed E-state index contributed by atoms with van der Waals surface area (Å²) in [4.78, 5) is 22.2. The summed E-state index contributed by atoms with van der Waals surface area (Å²) >= 11 is 1.66. The standard InChI is InChI=1S/C11H21NO3S/c1-5-8(2)6-16-7-10(11(14)15-4)12-9(3)13/h8,10H,5-7H2,1-4H3,(H,12,13). The Bertz CT molecular complexity index is 233. The quantitative estimate of drug-likeness (QED) is 0.692. The molecule has 0 aliphatic carbocycles. The molecule has 0 heterocycles. The number of amides is 1. The molecule has 2 atom stereocenters. The number of hydrogen-bond donors (Lipinski definition) is 1. The van der Waals surface area contributed by atoms with Crippen molar-refractivity contribution in [1.29, 1.82) is 0 Å². The normalized spacial score (nSPS) is 14.0. The Kier molecular flexibility index (Phi) is 8.07. The smallest absolute Gasteiger partial charge is 0.329 e. The molecule has 1 amide bonds. The first-order chi connectivity index (χ1) is 7.51. The number of methoxy groups -OCH3 is 1. The fourth-order valence-corrected chi connectivity index (χ4v) is 2.29. The Morgan fingerprint density at radius 1 is 1.38 bits per heavy atom. The molecule has 1 N–H and O–H groups in total. The van der Waals surface area contributed by atoms with Gasteiger partial charge in [-0.05, 0) is 11.7 Å². The summed E-state index contributed by atoms with van der Waals surface area (Å²) in [6.45, 7) is 5.70. The Morgan fingerprint density at radius 3 is 2.44 bits per heavy atom. The third-order valence-corrected chi connectivity index (χ3v) is 3.62. The molecule has 0 radical (unpaired) electrons. The van der Waals surface area contributed by atoms with Crippen LogP contribution in [-0.2, 0) is 14.3 Å². The van der Waals surface area contributed by atoms with E-state index >= 15 is 0 Å². The zero-order chi connectivity index (χ0) is 12.6. The zero-order valence-corrected chi connectivity index (χ0v) is 11.2. The fraction of sp³-hybridized carbons (Fsp3) is 0.818. The molecular weight excluding hydrogens is 226 g/mol. The number of nitrogens with one attached hydrogen (secondary N) is 1. The second-order valence-corrected chi connectivity index (χ2v) is 4.90. The van der Waals surface area contributed by atoms with Crippen molar-refractivity contribution in [2.75, 3.05) is 18.6 Å². The first kappa shape index (κ1) is 15.3. The second kappa shape index (κ2) is 8.44. The van der Waals surface area contributed by atoms with Gasteiger partial charge in [-0.15, -0.1) is 0 Å². The summed E-state index contributed by atoms with van der Waals surface area (Å²) in [6, 6.07) is -0.531. The van der Waals surface area contributed by atoms with E-state index < -0.39 is 6.04 Å². The molecule has 2 unspecified atom stereocenters. The number of esters is 1. The van der Waals surface area contributed by atoms with E-state index in [1.54, 1.807) is 11.8 Å². The van der Waals surface area contributed by atoms with E-state index in [4.69, 9.17) is 0 Å². The van der Waals surface area contributed by atoms with Crippen LogP contribution in [0.1, 0.15) is 27.2 Å². The van der Waals surface area contributed by atoms with Crippen LogP contribution < -0.4 is 5.32 Å². The molecule has 0 saturated heterocycles. The number of hydrogen-bond acceptors (Lipinski definition) is 4. The van der Waals surface area contributed by atoms with Gasteiger partial charge in [0.1, 0.15) is 6.04 Å². The number of ether oxygens (including phenoxy) is 1. The van der Waals surface area contributed by atoms with Crippen molar-refractivity contribution in [2.24, 2.45) is 5.92 Å². The van der Waals surface area contributed by atoms with Crippen LogP contribution in [0.5, 0.6) is 0 Å². The minimum absolute atomic E-state index is 0.209. The van der Waals surface area contributed by atoms with Crippen LogP contribution in [0.25, 0.3) is 0 Å². The lowest BCUT2D eigenvalue weighted by atomic mass is 10.2. The maximum atomic E-state index is 11.3. The molecule has 0 aromatic heterocycles. The second-order valence-electron chi connectivity index (χ2n) is 3.83. The van der Waals surface area contributed by atoms with Crippen molar-refractivity contribution in [3.63, 3.8) is 0 Å². The van der Waals surface area contributed by atoms with Crippen LogP contribution in [0, 0.1) is 5.92 Å². The van der Waals surface area contributed by atoms with E-state index in [-0.39, 0.29) is 11.9 Å². The van der Waals surface area contributed by atoms with Crippen molar-refractivity contribution in [3.8, 4) is 0 Å². The van der Waals surface area contributed by atoms with E-state index in [9.17, 15) is 9.59 Å². The molecule has 0 aliphatic rings. The summed E-state index contributed by atoms with van der Waals surface area (Å²) < 4.78 is 4.63. The van der Waals surface area contributed by atoms with Gasteiger partial charge in [-0.3, -0.25) is 4.79 Å². The van der Waals surface area contributed by atoms with E-state index in [0.717, 1.165) is 12.2 Å². The molecule has 5 heteroatoms. The molecule has 0 fully saturated rings. The van der Waals surface area contributed by atoms with Gasteiger partial charge in [0.15, 0.2) is 0 Å². The predicted molar refractivity (Wildman–Crippen MR) is 66.4 cm³/mol. The fourth-order valence-electron chi connectivity index (χ4n) is 1.06. The number of thioether (sulfide) groups is 1. The van der Waals surface area contributed by atoms with Gasteiger partial charge >= 0.3 is 5.97 Å².